The van der Waals surface area contributed by atoms with Gasteiger partial charge in [-0.3, -0.25) is 9.78 Å². The number of aromatic nitrogens is 2. The molecule has 34 heavy (non-hydrogen) atoms. The number of fused-ring (bicyclic) bond motifs is 2. The van der Waals surface area contributed by atoms with Crippen LogP contribution in [0.15, 0.2) is 96.4 Å². The number of nitrogens with zero attached hydrogens (tertiary/aromatic N) is 3. The molecule has 5 rings (SSSR count). The van der Waals surface area contributed by atoms with Crippen molar-refractivity contribution in [3.63, 3.8) is 0 Å². The molecule has 0 unspecified atom stereocenters. The fourth-order valence-corrected chi connectivity index (χ4v) is 3.87. The van der Waals surface area contributed by atoms with Crippen LogP contribution in [0.3, 0.4) is 0 Å². The molecule has 3 aromatic carbocycles. The second-order valence-electron chi connectivity index (χ2n) is 7.87. The number of methoxy groups -OCH3 is 1. The first kappa shape index (κ1) is 21.3. The van der Waals surface area contributed by atoms with Crippen LogP contribution in [0.4, 0.5) is 0 Å². The zero-order chi connectivity index (χ0) is 23.5. The smallest absolute Gasteiger partial charge is 0.272 e. The molecule has 2 aromatic heterocycles. The number of benzene rings is 3. The van der Waals surface area contributed by atoms with E-state index in [1.54, 1.807) is 25.6 Å². The summed E-state index contributed by atoms with van der Waals surface area (Å²) in [6, 6.07) is 25.1. The second-order valence-corrected chi connectivity index (χ2v) is 7.87. The van der Waals surface area contributed by atoms with Crippen molar-refractivity contribution in [1.29, 1.82) is 0 Å². The van der Waals surface area contributed by atoms with E-state index in [0.717, 1.165) is 38.6 Å². The van der Waals surface area contributed by atoms with Gasteiger partial charge in [-0.2, -0.15) is 5.10 Å². The van der Waals surface area contributed by atoms with Gasteiger partial charge in [0.1, 0.15) is 5.75 Å². The number of para-hydroxylation sites is 1. The van der Waals surface area contributed by atoms with Crippen molar-refractivity contribution >= 4 is 33.3 Å². The quantitative estimate of drug-likeness (QED) is 0.281. The minimum absolute atomic E-state index is 0.293. The number of nitrogens with one attached hydrogen (secondary N) is 1. The molecule has 2 heterocycles. The molecule has 1 amide bonds. The predicted molar refractivity (Wildman–Crippen MR) is 135 cm³/mol. The summed E-state index contributed by atoms with van der Waals surface area (Å²) in [6.45, 7) is 1.87. The lowest BCUT2D eigenvalue weighted by Gasteiger charge is -2.10. The van der Waals surface area contributed by atoms with E-state index in [2.05, 4.69) is 15.5 Å². The van der Waals surface area contributed by atoms with E-state index in [1.165, 1.54) is 0 Å². The topological polar surface area (TPSA) is 76.5 Å². The van der Waals surface area contributed by atoms with Gasteiger partial charge in [-0.1, -0.05) is 36.4 Å². The molecule has 0 aliphatic rings. The molecule has 166 valence electrons. The van der Waals surface area contributed by atoms with Crippen molar-refractivity contribution < 1.29 is 9.53 Å². The summed E-state index contributed by atoms with van der Waals surface area (Å²) in [7, 11) is 1.65. The summed E-state index contributed by atoms with van der Waals surface area (Å²) in [5.74, 6) is 0.521. The second kappa shape index (κ2) is 9.11. The van der Waals surface area contributed by atoms with Gasteiger partial charge >= 0.3 is 0 Å². The molecule has 0 fully saturated rings. The Balaban J connectivity index is 1.46. The van der Waals surface area contributed by atoms with Crippen molar-refractivity contribution in [2.45, 2.75) is 6.92 Å². The Labute approximate surface area is 196 Å². The maximum Gasteiger partial charge on any atom is 0.272 e. The first-order valence-corrected chi connectivity index (χ1v) is 10.9. The van der Waals surface area contributed by atoms with Gasteiger partial charge in [-0.25, -0.2) is 10.4 Å². The molecule has 1 N–H and O–H groups in total. The molecule has 0 aliphatic heterocycles. The minimum Gasteiger partial charge on any atom is -0.497 e. The third-order valence-corrected chi connectivity index (χ3v) is 5.73. The van der Waals surface area contributed by atoms with Gasteiger partial charge in [0.05, 0.1) is 29.6 Å². The predicted octanol–water partition coefficient (Wildman–Crippen LogP) is 5.61. The highest BCUT2D eigenvalue weighted by molar-refractivity contribution is 6.08. The van der Waals surface area contributed by atoms with E-state index in [-0.39, 0.29) is 5.91 Å². The number of hydrogen-bond acceptors (Lipinski definition) is 5. The summed E-state index contributed by atoms with van der Waals surface area (Å²) < 4.78 is 5.30. The SMILES string of the molecule is COc1ccc2cc(/C(C)=N/NC(=O)c3cc(-c4ccncc4)nc4ccccc34)ccc2c1. The van der Waals surface area contributed by atoms with Gasteiger partial charge < -0.3 is 4.74 Å². The van der Waals surface area contributed by atoms with Crippen LogP contribution in [0.5, 0.6) is 5.75 Å². The Bertz CT molecular complexity index is 1550. The zero-order valence-electron chi connectivity index (χ0n) is 18.8. The number of hydrogen-bond donors (Lipinski definition) is 1. The van der Waals surface area contributed by atoms with Crippen LogP contribution < -0.4 is 10.2 Å². The van der Waals surface area contributed by atoms with E-state index < -0.39 is 0 Å². The summed E-state index contributed by atoms with van der Waals surface area (Å²) in [5, 5.41) is 7.30. The van der Waals surface area contributed by atoms with Gasteiger partial charge in [-0.05, 0) is 65.7 Å². The number of ether oxygens (including phenoxy) is 1. The van der Waals surface area contributed by atoms with Crippen molar-refractivity contribution in [3.05, 3.63) is 102 Å². The van der Waals surface area contributed by atoms with E-state index in [4.69, 9.17) is 9.72 Å². The first-order valence-electron chi connectivity index (χ1n) is 10.9. The maximum atomic E-state index is 13.2. The molecule has 0 bridgehead atoms. The molecular formula is C28H22N4O2. The van der Waals surface area contributed by atoms with Crippen molar-refractivity contribution in [1.82, 2.24) is 15.4 Å². The van der Waals surface area contributed by atoms with E-state index in [0.29, 0.717) is 17.0 Å². The lowest BCUT2D eigenvalue weighted by Crippen LogP contribution is -2.20. The normalized spacial score (nSPS) is 11.5. The number of carbonyl (C=O) groups is 1. The maximum absolute atomic E-state index is 13.2. The van der Waals surface area contributed by atoms with E-state index >= 15 is 0 Å². The zero-order valence-corrected chi connectivity index (χ0v) is 18.8. The van der Waals surface area contributed by atoms with Gasteiger partial charge in [-0.15, -0.1) is 0 Å². The molecule has 0 saturated carbocycles. The summed E-state index contributed by atoms with van der Waals surface area (Å²) >= 11 is 0. The average molecular weight is 447 g/mol. The van der Waals surface area contributed by atoms with Gasteiger partial charge in [0.15, 0.2) is 0 Å². The number of carbonyl (C=O) groups excluding carboxylic acids is 1. The fourth-order valence-electron chi connectivity index (χ4n) is 3.87. The fraction of sp³-hybridized carbons (Fsp3) is 0.0714. The van der Waals surface area contributed by atoms with Crippen LogP contribution in [-0.2, 0) is 0 Å². The lowest BCUT2D eigenvalue weighted by molar-refractivity contribution is 0.0956. The molecule has 0 spiro atoms. The van der Waals surface area contributed by atoms with Crippen molar-refractivity contribution in [2.75, 3.05) is 7.11 Å². The Morgan fingerprint density at radius 1 is 0.912 bits per heavy atom. The molecule has 6 nitrogen and oxygen atoms in total. The average Bonchev–Trinajstić information content (AvgIpc) is 2.90. The third-order valence-electron chi connectivity index (χ3n) is 5.73. The molecule has 0 aliphatic carbocycles. The highest BCUT2D eigenvalue weighted by Crippen LogP contribution is 2.25. The van der Waals surface area contributed by atoms with Crippen LogP contribution in [0.1, 0.15) is 22.8 Å². The highest BCUT2D eigenvalue weighted by atomic mass is 16.5. The van der Waals surface area contributed by atoms with Crippen LogP contribution in [0.2, 0.25) is 0 Å². The van der Waals surface area contributed by atoms with Crippen LogP contribution in [0.25, 0.3) is 32.9 Å². The molecule has 0 saturated heterocycles. The Morgan fingerprint density at radius 3 is 2.50 bits per heavy atom. The third kappa shape index (κ3) is 4.21. The summed E-state index contributed by atoms with van der Waals surface area (Å²) in [5.41, 5.74) is 7.21. The summed E-state index contributed by atoms with van der Waals surface area (Å²) in [4.78, 5) is 22.0. The van der Waals surface area contributed by atoms with Crippen molar-refractivity contribution in [2.24, 2.45) is 5.10 Å². The Morgan fingerprint density at radius 2 is 1.68 bits per heavy atom. The summed E-state index contributed by atoms with van der Waals surface area (Å²) in [6.07, 6.45) is 3.42. The minimum atomic E-state index is -0.293. The largest absolute Gasteiger partial charge is 0.497 e. The van der Waals surface area contributed by atoms with Gasteiger partial charge in [0.2, 0.25) is 0 Å². The highest BCUT2D eigenvalue weighted by Gasteiger charge is 2.14. The van der Waals surface area contributed by atoms with Crippen LogP contribution >= 0.6 is 0 Å². The lowest BCUT2D eigenvalue weighted by atomic mass is 10.0. The first-order chi connectivity index (χ1) is 16.6. The monoisotopic (exact) mass is 446 g/mol. The number of amides is 1. The molecular weight excluding hydrogens is 424 g/mol. The van der Waals surface area contributed by atoms with Gasteiger partial charge in [0.25, 0.3) is 5.91 Å². The van der Waals surface area contributed by atoms with Gasteiger partial charge in [0, 0.05) is 23.3 Å². The standard InChI is InChI=1S/C28H22N4O2/c1-18(20-7-8-22-16-23(34-2)10-9-21(22)15-20)31-32-28(33)25-17-27(19-11-13-29-14-12-19)30-26-6-4-3-5-24(25)26/h3-17H,1-2H3,(H,32,33)/b31-18+. The van der Waals surface area contributed by atoms with Crippen LogP contribution in [0, 0.1) is 0 Å². The number of rotatable bonds is 5. The van der Waals surface area contributed by atoms with E-state index in [9.17, 15) is 4.79 Å². The Hall–Kier alpha value is -4.58. The Kier molecular flexibility index (Phi) is 5.70. The molecule has 0 radical (unpaired) electrons. The van der Waals surface area contributed by atoms with Crippen molar-refractivity contribution in [3.8, 4) is 17.0 Å². The van der Waals surface area contributed by atoms with Crippen LogP contribution in [-0.4, -0.2) is 28.7 Å². The number of pyridine rings is 2. The molecule has 0 atom stereocenters. The molecule has 6 heteroatoms. The van der Waals surface area contributed by atoms with E-state index in [1.807, 2.05) is 79.7 Å². The number of hydrazone groups is 1. The molecule has 5 aromatic rings.